The van der Waals surface area contributed by atoms with Crippen molar-refractivity contribution in [3.63, 3.8) is 0 Å². The standard InChI is InChI=1S/C11H13F3N2O3/c1-10(5-17,6-18)16-9(19)8-3-2-7(4-15-8)11(12,13)14/h2-4,17-18H,5-6H2,1H3,(H,16,19). The summed E-state index contributed by atoms with van der Waals surface area (Å²) in [6, 6.07) is 1.66. The summed E-state index contributed by atoms with van der Waals surface area (Å²) in [6.45, 7) is 0.348. The predicted molar refractivity (Wildman–Crippen MR) is 59.3 cm³/mol. The minimum Gasteiger partial charge on any atom is -0.394 e. The van der Waals surface area contributed by atoms with Gasteiger partial charge in [0.2, 0.25) is 0 Å². The van der Waals surface area contributed by atoms with Gasteiger partial charge in [0.05, 0.1) is 24.3 Å². The number of hydrogen-bond donors (Lipinski definition) is 3. The monoisotopic (exact) mass is 278 g/mol. The number of aliphatic hydroxyl groups is 2. The summed E-state index contributed by atoms with van der Waals surface area (Å²) in [5.74, 6) is -0.778. The van der Waals surface area contributed by atoms with Crippen LogP contribution in [0.5, 0.6) is 0 Å². The maximum Gasteiger partial charge on any atom is 0.417 e. The SMILES string of the molecule is CC(CO)(CO)NC(=O)c1ccc(C(F)(F)F)cn1. The Kier molecular flexibility index (Phi) is 4.48. The van der Waals surface area contributed by atoms with Gasteiger partial charge in [0.15, 0.2) is 0 Å². The molecule has 5 nitrogen and oxygen atoms in total. The quantitative estimate of drug-likeness (QED) is 0.752. The van der Waals surface area contributed by atoms with Crippen molar-refractivity contribution >= 4 is 5.91 Å². The molecule has 0 saturated heterocycles. The van der Waals surface area contributed by atoms with Crippen LogP contribution in [0.25, 0.3) is 0 Å². The number of alkyl halides is 3. The summed E-state index contributed by atoms with van der Waals surface area (Å²) in [7, 11) is 0. The van der Waals surface area contributed by atoms with Gasteiger partial charge in [-0.25, -0.2) is 0 Å². The highest BCUT2D eigenvalue weighted by molar-refractivity contribution is 5.92. The molecule has 0 unspecified atom stereocenters. The summed E-state index contributed by atoms with van der Waals surface area (Å²) in [5.41, 5.74) is -2.46. The van der Waals surface area contributed by atoms with E-state index in [2.05, 4.69) is 10.3 Å². The molecule has 0 aromatic carbocycles. The number of rotatable bonds is 4. The predicted octanol–water partition coefficient (Wildman–Crippen LogP) is 0.573. The van der Waals surface area contributed by atoms with Crippen molar-refractivity contribution in [2.45, 2.75) is 18.6 Å². The minimum absolute atomic E-state index is 0.235. The Morgan fingerprint density at radius 3 is 2.26 bits per heavy atom. The van der Waals surface area contributed by atoms with Crippen molar-refractivity contribution < 1.29 is 28.2 Å². The van der Waals surface area contributed by atoms with Gasteiger partial charge in [0, 0.05) is 6.20 Å². The molecule has 0 aliphatic heterocycles. The first-order chi connectivity index (χ1) is 8.72. The Hall–Kier alpha value is -1.67. The first-order valence-electron chi connectivity index (χ1n) is 5.29. The molecule has 0 bridgehead atoms. The summed E-state index contributed by atoms with van der Waals surface area (Å²) < 4.78 is 36.9. The largest absolute Gasteiger partial charge is 0.417 e. The fourth-order valence-electron chi connectivity index (χ4n) is 1.16. The number of nitrogens with zero attached hydrogens (tertiary/aromatic N) is 1. The number of amides is 1. The van der Waals surface area contributed by atoms with Crippen LogP contribution >= 0.6 is 0 Å². The fourth-order valence-corrected chi connectivity index (χ4v) is 1.16. The summed E-state index contributed by atoms with van der Waals surface area (Å²) >= 11 is 0. The van der Waals surface area contributed by atoms with Crippen molar-refractivity contribution in [2.24, 2.45) is 0 Å². The summed E-state index contributed by atoms with van der Waals surface area (Å²) in [4.78, 5) is 15.1. The number of carbonyl (C=O) groups is 1. The molecule has 106 valence electrons. The number of carbonyl (C=O) groups excluding carboxylic acids is 1. The molecule has 1 rings (SSSR count). The van der Waals surface area contributed by atoms with Crippen molar-refractivity contribution in [1.29, 1.82) is 0 Å². The zero-order valence-electron chi connectivity index (χ0n) is 10.0. The molecule has 0 spiro atoms. The number of pyridine rings is 1. The summed E-state index contributed by atoms with van der Waals surface area (Å²) in [5, 5.41) is 20.3. The highest BCUT2D eigenvalue weighted by atomic mass is 19.4. The average molecular weight is 278 g/mol. The van der Waals surface area contributed by atoms with E-state index in [9.17, 15) is 18.0 Å². The van der Waals surface area contributed by atoms with E-state index in [0.717, 1.165) is 12.1 Å². The van der Waals surface area contributed by atoms with E-state index in [4.69, 9.17) is 10.2 Å². The van der Waals surface area contributed by atoms with Gasteiger partial charge in [0.1, 0.15) is 5.69 Å². The molecule has 1 heterocycles. The van der Waals surface area contributed by atoms with Crippen molar-refractivity contribution in [2.75, 3.05) is 13.2 Å². The lowest BCUT2D eigenvalue weighted by molar-refractivity contribution is -0.137. The Labute approximate surface area is 107 Å². The first kappa shape index (κ1) is 15.4. The third-order valence-corrected chi connectivity index (χ3v) is 2.44. The number of hydrogen-bond acceptors (Lipinski definition) is 4. The summed E-state index contributed by atoms with van der Waals surface area (Å²) in [6.07, 6.45) is -3.98. The molecule has 1 aromatic heterocycles. The zero-order valence-corrected chi connectivity index (χ0v) is 10.0. The third kappa shape index (κ3) is 3.90. The Morgan fingerprint density at radius 2 is 1.89 bits per heavy atom. The third-order valence-electron chi connectivity index (χ3n) is 2.44. The van der Waals surface area contributed by atoms with Gasteiger partial charge in [-0.15, -0.1) is 0 Å². The molecule has 0 saturated carbocycles. The fraction of sp³-hybridized carbons (Fsp3) is 0.455. The lowest BCUT2D eigenvalue weighted by atomic mass is 10.1. The van der Waals surface area contributed by atoms with Crippen LogP contribution in [0, 0.1) is 0 Å². The average Bonchev–Trinajstić information content (AvgIpc) is 2.37. The van der Waals surface area contributed by atoms with E-state index in [-0.39, 0.29) is 5.69 Å². The smallest absolute Gasteiger partial charge is 0.394 e. The number of nitrogens with one attached hydrogen (secondary N) is 1. The molecule has 0 radical (unpaired) electrons. The second-order valence-corrected chi connectivity index (χ2v) is 4.26. The van der Waals surface area contributed by atoms with Gasteiger partial charge in [-0.1, -0.05) is 0 Å². The van der Waals surface area contributed by atoms with Crippen LogP contribution in [0.3, 0.4) is 0 Å². The van der Waals surface area contributed by atoms with E-state index in [1.54, 1.807) is 0 Å². The lowest BCUT2D eigenvalue weighted by Gasteiger charge is -2.25. The maximum atomic E-state index is 12.3. The Morgan fingerprint density at radius 1 is 1.32 bits per heavy atom. The van der Waals surface area contributed by atoms with E-state index in [1.807, 2.05) is 0 Å². The normalized spacial score (nSPS) is 12.3. The second-order valence-electron chi connectivity index (χ2n) is 4.26. The van der Waals surface area contributed by atoms with Crippen LogP contribution in [0.2, 0.25) is 0 Å². The molecule has 0 atom stereocenters. The molecule has 0 aliphatic rings. The molecule has 19 heavy (non-hydrogen) atoms. The molecule has 1 aromatic rings. The topological polar surface area (TPSA) is 82.5 Å². The van der Waals surface area contributed by atoms with E-state index in [1.165, 1.54) is 6.92 Å². The van der Waals surface area contributed by atoms with Crippen LogP contribution in [0.1, 0.15) is 23.0 Å². The van der Waals surface area contributed by atoms with Crippen LogP contribution in [-0.4, -0.2) is 39.9 Å². The molecular weight excluding hydrogens is 265 g/mol. The zero-order chi connectivity index (χ0) is 14.7. The van der Waals surface area contributed by atoms with Crippen molar-refractivity contribution in [1.82, 2.24) is 10.3 Å². The van der Waals surface area contributed by atoms with Crippen molar-refractivity contribution in [3.05, 3.63) is 29.6 Å². The van der Waals surface area contributed by atoms with E-state index >= 15 is 0 Å². The molecule has 1 amide bonds. The van der Waals surface area contributed by atoms with Gasteiger partial charge < -0.3 is 15.5 Å². The first-order valence-corrected chi connectivity index (χ1v) is 5.29. The highest BCUT2D eigenvalue weighted by Gasteiger charge is 2.31. The van der Waals surface area contributed by atoms with Crippen molar-refractivity contribution in [3.8, 4) is 0 Å². The number of aromatic nitrogens is 1. The van der Waals surface area contributed by atoms with Gasteiger partial charge >= 0.3 is 6.18 Å². The molecule has 3 N–H and O–H groups in total. The number of halogens is 3. The van der Waals surface area contributed by atoms with Gasteiger partial charge in [0.25, 0.3) is 5.91 Å². The van der Waals surface area contributed by atoms with Crippen LogP contribution < -0.4 is 5.32 Å². The molecule has 0 aliphatic carbocycles. The number of aliphatic hydroxyl groups excluding tert-OH is 2. The van der Waals surface area contributed by atoms with Gasteiger partial charge in [-0.05, 0) is 19.1 Å². The Balaban J connectivity index is 2.85. The van der Waals surface area contributed by atoms with Crippen LogP contribution in [0.15, 0.2) is 18.3 Å². The minimum atomic E-state index is -4.52. The van der Waals surface area contributed by atoms with E-state index < -0.39 is 36.4 Å². The second kappa shape index (κ2) is 5.54. The Bertz CT molecular complexity index is 441. The van der Waals surface area contributed by atoms with Gasteiger partial charge in [-0.3, -0.25) is 9.78 Å². The van der Waals surface area contributed by atoms with Crippen LogP contribution in [0.4, 0.5) is 13.2 Å². The van der Waals surface area contributed by atoms with Crippen LogP contribution in [-0.2, 0) is 6.18 Å². The lowest BCUT2D eigenvalue weighted by Crippen LogP contribution is -2.51. The van der Waals surface area contributed by atoms with E-state index in [0.29, 0.717) is 6.20 Å². The molecule has 0 fully saturated rings. The van der Waals surface area contributed by atoms with Gasteiger partial charge in [-0.2, -0.15) is 13.2 Å². The molecular formula is C11H13F3N2O3. The highest BCUT2D eigenvalue weighted by Crippen LogP contribution is 2.28. The maximum absolute atomic E-state index is 12.3. The molecule has 8 heteroatoms.